The van der Waals surface area contributed by atoms with Gasteiger partial charge in [0.25, 0.3) is 0 Å². The average Bonchev–Trinajstić information content (AvgIpc) is 2.59. The first-order chi connectivity index (χ1) is 6.22. The van der Waals surface area contributed by atoms with Crippen molar-refractivity contribution < 1.29 is 14.3 Å². The van der Waals surface area contributed by atoms with Crippen molar-refractivity contribution in [2.24, 2.45) is 5.73 Å². The Morgan fingerprint density at radius 3 is 2.15 bits per heavy atom. The van der Waals surface area contributed by atoms with Crippen LogP contribution in [-0.4, -0.2) is 56.9 Å². The number of nitrogens with zero attached hydrogens (tertiary/aromatic N) is 1. The molecule has 2 atom stereocenters. The molecule has 1 heterocycles. The van der Waals surface area contributed by atoms with E-state index in [0.717, 1.165) is 0 Å². The summed E-state index contributed by atoms with van der Waals surface area (Å²) in [5, 5.41) is 0. The molecule has 1 saturated heterocycles. The van der Waals surface area contributed by atoms with Crippen molar-refractivity contribution in [3.63, 3.8) is 0 Å². The van der Waals surface area contributed by atoms with Crippen molar-refractivity contribution in [2.75, 3.05) is 33.9 Å². The Morgan fingerprint density at radius 2 is 1.85 bits per heavy atom. The number of ether oxygens (including phenoxy) is 2. The fourth-order valence-electron chi connectivity index (χ4n) is 1.53. The zero-order valence-electron chi connectivity index (χ0n) is 8.03. The molecule has 0 saturated carbocycles. The van der Waals surface area contributed by atoms with Crippen LogP contribution in [0, 0.1) is 0 Å². The highest BCUT2D eigenvalue weighted by Gasteiger charge is 2.34. The molecule has 1 fully saturated rings. The van der Waals surface area contributed by atoms with E-state index >= 15 is 0 Å². The molecule has 0 unspecified atom stereocenters. The van der Waals surface area contributed by atoms with Crippen LogP contribution in [0.5, 0.6) is 0 Å². The molecule has 5 nitrogen and oxygen atoms in total. The molecule has 13 heavy (non-hydrogen) atoms. The molecule has 0 aromatic rings. The molecule has 0 spiro atoms. The molecule has 0 aliphatic carbocycles. The van der Waals surface area contributed by atoms with Gasteiger partial charge in [0, 0.05) is 27.3 Å². The summed E-state index contributed by atoms with van der Waals surface area (Å²) in [5.41, 5.74) is 5.25. The maximum atomic E-state index is 11.2. The highest BCUT2D eigenvalue weighted by Crippen LogP contribution is 2.15. The fourth-order valence-corrected chi connectivity index (χ4v) is 1.53. The quantitative estimate of drug-likeness (QED) is 0.605. The van der Waals surface area contributed by atoms with Gasteiger partial charge in [-0.05, 0) is 0 Å². The molecule has 2 N–H and O–H groups in total. The standard InChI is InChI=1S/C8H16N2O3/c1-12-6-4-10(8(11)3-9)5-7(6)13-2/h6-7H,3-5,9H2,1-2H3/t6-,7+. The lowest BCUT2D eigenvalue weighted by Crippen LogP contribution is -2.35. The van der Waals surface area contributed by atoms with E-state index in [4.69, 9.17) is 15.2 Å². The van der Waals surface area contributed by atoms with E-state index in [0.29, 0.717) is 13.1 Å². The molecule has 0 aromatic heterocycles. The van der Waals surface area contributed by atoms with Gasteiger partial charge in [0.15, 0.2) is 0 Å². The second kappa shape index (κ2) is 4.55. The lowest BCUT2D eigenvalue weighted by atomic mass is 10.3. The Bertz CT molecular complexity index is 174. The Morgan fingerprint density at radius 1 is 1.38 bits per heavy atom. The van der Waals surface area contributed by atoms with Gasteiger partial charge in [0.1, 0.15) is 12.2 Å². The molecule has 0 radical (unpaired) electrons. The lowest BCUT2D eigenvalue weighted by molar-refractivity contribution is -0.129. The number of nitrogens with two attached hydrogens (primary N) is 1. The van der Waals surface area contributed by atoms with Crippen LogP contribution >= 0.6 is 0 Å². The number of methoxy groups -OCH3 is 2. The minimum absolute atomic E-state index is 0.0273. The molecule has 1 amide bonds. The van der Waals surface area contributed by atoms with Crippen molar-refractivity contribution in [3.05, 3.63) is 0 Å². The van der Waals surface area contributed by atoms with E-state index in [1.54, 1.807) is 19.1 Å². The monoisotopic (exact) mass is 188 g/mol. The maximum absolute atomic E-state index is 11.2. The first-order valence-corrected chi connectivity index (χ1v) is 4.26. The predicted molar refractivity (Wildman–Crippen MR) is 47.2 cm³/mol. The van der Waals surface area contributed by atoms with Crippen LogP contribution in [0.3, 0.4) is 0 Å². The summed E-state index contributed by atoms with van der Waals surface area (Å²) in [5.74, 6) is -0.0541. The minimum Gasteiger partial charge on any atom is -0.377 e. The number of amides is 1. The number of hydrogen-bond acceptors (Lipinski definition) is 4. The summed E-state index contributed by atoms with van der Waals surface area (Å²) >= 11 is 0. The van der Waals surface area contributed by atoms with Crippen molar-refractivity contribution in [1.82, 2.24) is 4.90 Å². The van der Waals surface area contributed by atoms with Gasteiger partial charge in [0.05, 0.1) is 6.54 Å². The van der Waals surface area contributed by atoms with E-state index in [1.807, 2.05) is 0 Å². The van der Waals surface area contributed by atoms with Crippen LogP contribution < -0.4 is 5.73 Å². The van der Waals surface area contributed by atoms with Crippen molar-refractivity contribution >= 4 is 5.91 Å². The van der Waals surface area contributed by atoms with E-state index in [1.165, 1.54) is 0 Å². The summed E-state index contributed by atoms with van der Waals surface area (Å²) in [6.45, 7) is 1.20. The third-order valence-electron chi connectivity index (χ3n) is 2.35. The van der Waals surface area contributed by atoms with Crippen molar-refractivity contribution in [1.29, 1.82) is 0 Å². The topological polar surface area (TPSA) is 64.8 Å². The smallest absolute Gasteiger partial charge is 0.236 e. The van der Waals surface area contributed by atoms with Crippen molar-refractivity contribution in [2.45, 2.75) is 12.2 Å². The molecule has 1 aliphatic heterocycles. The molecular formula is C8H16N2O3. The van der Waals surface area contributed by atoms with E-state index < -0.39 is 0 Å². The molecular weight excluding hydrogens is 172 g/mol. The van der Waals surface area contributed by atoms with Crippen LogP contribution in [0.4, 0.5) is 0 Å². The van der Waals surface area contributed by atoms with Gasteiger partial charge in [-0.1, -0.05) is 0 Å². The first-order valence-electron chi connectivity index (χ1n) is 4.26. The summed E-state index contributed by atoms with van der Waals surface area (Å²) in [6, 6.07) is 0. The summed E-state index contributed by atoms with van der Waals surface area (Å²) in [6.07, 6.45) is -0.0546. The van der Waals surface area contributed by atoms with E-state index in [2.05, 4.69) is 0 Å². The molecule has 1 rings (SSSR count). The summed E-state index contributed by atoms with van der Waals surface area (Å²) in [7, 11) is 3.24. The largest absolute Gasteiger partial charge is 0.377 e. The lowest BCUT2D eigenvalue weighted by Gasteiger charge is -2.13. The van der Waals surface area contributed by atoms with Gasteiger partial charge in [0.2, 0.25) is 5.91 Å². The van der Waals surface area contributed by atoms with Crippen molar-refractivity contribution in [3.8, 4) is 0 Å². The summed E-state index contributed by atoms with van der Waals surface area (Å²) in [4.78, 5) is 12.9. The number of likely N-dealkylation sites (tertiary alicyclic amines) is 1. The number of hydrogen-bond donors (Lipinski definition) is 1. The third-order valence-corrected chi connectivity index (χ3v) is 2.35. The van der Waals surface area contributed by atoms with Gasteiger partial charge >= 0.3 is 0 Å². The molecule has 0 aromatic carbocycles. The second-order valence-corrected chi connectivity index (χ2v) is 3.05. The zero-order valence-corrected chi connectivity index (χ0v) is 8.03. The van der Waals surface area contributed by atoms with E-state index in [9.17, 15) is 4.79 Å². The second-order valence-electron chi connectivity index (χ2n) is 3.05. The molecule has 1 aliphatic rings. The SMILES string of the molecule is CO[C@H]1CN(C(=O)CN)C[C@H]1OC. The zero-order chi connectivity index (χ0) is 9.84. The summed E-state index contributed by atoms with van der Waals surface area (Å²) < 4.78 is 10.4. The molecule has 0 bridgehead atoms. The number of carbonyl (C=O) groups is 1. The molecule has 5 heteroatoms. The van der Waals surface area contributed by atoms with Crippen LogP contribution in [0.25, 0.3) is 0 Å². The van der Waals surface area contributed by atoms with Gasteiger partial charge in [-0.25, -0.2) is 0 Å². The van der Waals surface area contributed by atoms with Gasteiger partial charge in [-0.2, -0.15) is 0 Å². The van der Waals surface area contributed by atoms with Crippen LogP contribution in [-0.2, 0) is 14.3 Å². The Kier molecular flexibility index (Phi) is 3.65. The normalized spacial score (nSPS) is 28.1. The minimum atomic E-state index is -0.0541. The Hall–Kier alpha value is -0.650. The highest BCUT2D eigenvalue weighted by atomic mass is 16.5. The van der Waals surface area contributed by atoms with Crippen LogP contribution in [0.1, 0.15) is 0 Å². The third kappa shape index (κ3) is 2.18. The van der Waals surface area contributed by atoms with Gasteiger partial charge in [-0.3, -0.25) is 4.79 Å². The highest BCUT2D eigenvalue weighted by molar-refractivity contribution is 5.78. The average molecular weight is 188 g/mol. The van der Waals surface area contributed by atoms with Crippen LogP contribution in [0.15, 0.2) is 0 Å². The van der Waals surface area contributed by atoms with E-state index in [-0.39, 0.29) is 24.7 Å². The van der Waals surface area contributed by atoms with Crippen LogP contribution in [0.2, 0.25) is 0 Å². The Labute approximate surface area is 77.8 Å². The predicted octanol–water partition coefficient (Wildman–Crippen LogP) is -1.18. The Balaban J connectivity index is 2.52. The molecule has 76 valence electrons. The van der Waals surface area contributed by atoms with Gasteiger partial charge < -0.3 is 20.1 Å². The first kappa shape index (κ1) is 10.4. The number of rotatable bonds is 3. The number of carbonyl (C=O) groups excluding carboxylic acids is 1. The van der Waals surface area contributed by atoms with Gasteiger partial charge in [-0.15, -0.1) is 0 Å². The fraction of sp³-hybridized carbons (Fsp3) is 0.875. The maximum Gasteiger partial charge on any atom is 0.236 e.